The second-order valence-corrected chi connectivity index (χ2v) is 7.89. The molecule has 0 bridgehead atoms. The van der Waals surface area contributed by atoms with E-state index in [1.54, 1.807) is 12.4 Å². The highest BCUT2D eigenvalue weighted by Gasteiger charge is 2.39. The molecular formula is C22H25ClN2O2. The number of hydrogen-bond donors (Lipinski definition) is 0. The summed E-state index contributed by atoms with van der Waals surface area (Å²) in [6.45, 7) is 1.32. The van der Waals surface area contributed by atoms with Crippen molar-refractivity contribution in [2.75, 3.05) is 13.2 Å². The fourth-order valence-corrected chi connectivity index (χ4v) is 4.49. The van der Waals surface area contributed by atoms with Gasteiger partial charge in [-0.25, -0.2) is 0 Å². The number of carbonyl (C=O) groups is 1. The zero-order chi connectivity index (χ0) is 18.6. The molecular weight excluding hydrogens is 360 g/mol. The lowest BCUT2D eigenvalue weighted by atomic mass is 9.86. The van der Waals surface area contributed by atoms with Crippen LogP contribution in [-0.4, -0.2) is 41.1 Å². The fraction of sp³-hybridized carbons (Fsp3) is 0.455. The van der Waals surface area contributed by atoms with Crippen LogP contribution in [0.3, 0.4) is 0 Å². The number of benzene rings is 1. The van der Waals surface area contributed by atoms with Crippen LogP contribution < -0.4 is 0 Å². The molecule has 1 aliphatic carbocycles. The van der Waals surface area contributed by atoms with Crippen LogP contribution in [0.15, 0.2) is 48.8 Å². The summed E-state index contributed by atoms with van der Waals surface area (Å²) in [5, 5.41) is 0.688. The van der Waals surface area contributed by atoms with E-state index in [4.69, 9.17) is 16.3 Å². The van der Waals surface area contributed by atoms with Crippen LogP contribution in [-0.2, 0) is 16.0 Å². The molecule has 1 aromatic carbocycles. The molecule has 5 heteroatoms. The average Bonchev–Trinajstić information content (AvgIpc) is 2.73. The van der Waals surface area contributed by atoms with Gasteiger partial charge in [-0.15, -0.1) is 0 Å². The third-order valence-corrected chi connectivity index (χ3v) is 6.03. The first-order valence-corrected chi connectivity index (χ1v) is 10.2. The van der Waals surface area contributed by atoms with Crippen molar-refractivity contribution in [2.45, 2.75) is 50.2 Å². The van der Waals surface area contributed by atoms with Gasteiger partial charge < -0.3 is 9.64 Å². The Labute approximate surface area is 165 Å². The van der Waals surface area contributed by atoms with Crippen LogP contribution in [0.5, 0.6) is 0 Å². The molecule has 1 aliphatic heterocycles. The Morgan fingerprint density at radius 1 is 1.15 bits per heavy atom. The molecule has 2 fully saturated rings. The third-order valence-electron chi connectivity index (χ3n) is 5.77. The highest BCUT2D eigenvalue weighted by molar-refractivity contribution is 6.30. The van der Waals surface area contributed by atoms with E-state index in [9.17, 15) is 4.79 Å². The summed E-state index contributed by atoms with van der Waals surface area (Å²) in [4.78, 5) is 19.9. The van der Waals surface area contributed by atoms with Crippen LogP contribution in [0, 0.1) is 0 Å². The van der Waals surface area contributed by atoms with E-state index < -0.39 is 0 Å². The number of hydrogen-bond acceptors (Lipinski definition) is 3. The quantitative estimate of drug-likeness (QED) is 0.792. The molecule has 4 nitrogen and oxygen atoms in total. The Morgan fingerprint density at radius 2 is 1.89 bits per heavy atom. The standard InChI is InChI=1S/C22H25ClN2O2/c23-18-7-5-17(6-8-18)19(15-16-9-11-24-12-10-16)22(26)25-13-14-27-21-4-2-1-3-20(21)25/h5-12,19-21H,1-4,13-15H2. The maximum atomic E-state index is 13.7. The Morgan fingerprint density at radius 3 is 2.67 bits per heavy atom. The van der Waals surface area contributed by atoms with Crippen molar-refractivity contribution in [3.63, 3.8) is 0 Å². The lowest BCUT2D eigenvalue weighted by molar-refractivity contribution is -0.151. The number of carbonyl (C=O) groups excluding carboxylic acids is 1. The minimum Gasteiger partial charge on any atom is -0.374 e. The van der Waals surface area contributed by atoms with Crippen molar-refractivity contribution in [2.24, 2.45) is 0 Å². The van der Waals surface area contributed by atoms with E-state index >= 15 is 0 Å². The number of fused-ring (bicyclic) bond motifs is 1. The van der Waals surface area contributed by atoms with Crippen molar-refractivity contribution in [3.8, 4) is 0 Å². The zero-order valence-corrected chi connectivity index (χ0v) is 16.1. The highest BCUT2D eigenvalue weighted by atomic mass is 35.5. The first kappa shape index (κ1) is 18.5. The van der Waals surface area contributed by atoms with Gasteiger partial charge >= 0.3 is 0 Å². The lowest BCUT2D eigenvalue weighted by Crippen LogP contribution is -2.56. The van der Waals surface area contributed by atoms with Gasteiger partial charge in [-0.2, -0.15) is 0 Å². The third kappa shape index (κ3) is 4.17. The van der Waals surface area contributed by atoms with Gasteiger partial charge in [-0.3, -0.25) is 9.78 Å². The molecule has 3 unspecified atom stereocenters. The van der Waals surface area contributed by atoms with Gasteiger partial charge in [0.05, 0.1) is 24.7 Å². The smallest absolute Gasteiger partial charge is 0.230 e. The molecule has 3 atom stereocenters. The molecule has 2 heterocycles. The van der Waals surface area contributed by atoms with E-state index in [1.807, 2.05) is 36.4 Å². The zero-order valence-electron chi connectivity index (χ0n) is 15.4. The minimum atomic E-state index is -0.217. The summed E-state index contributed by atoms with van der Waals surface area (Å²) in [5.41, 5.74) is 2.13. The van der Waals surface area contributed by atoms with Crippen LogP contribution in [0.1, 0.15) is 42.7 Å². The largest absolute Gasteiger partial charge is 0.374 e. The lowest BCUT2D eigenvalue weighted by Gasteiger charge is -2.45. The van der Waals surface area contributed by atoms with Gasteiger partial charge in [-0.1, -0.05) is 36.6 Å². The SMILES string of the molecule is O=C(C(Cc1ccncc1)c1ccc(Cl)cc1)N1CCOC2CCCCC21. The number of halogens is 1. The molecule has 0 radical (unpaired) electrons. The Hall–Kier alpha value is -1.91. The van der Waals surface area contributed by atoms with Gasteiger partial charge in [0.25, 0.3) is 0 Å². The molecule has 142 valence electrons. The number of nitrogens with zero attached hydrogens (tertiary/aromatic N) is 2. The van der Waals surface area contributed by atoms with Crippen molar-refractivity contribution in [1.29, 1.82) is 0 Å². The molecule has 1 aromatic heterocycles. The van der Waals surface area contributed by atoms with Gasteiger partial charge in [0, 0.05) is 24.0 Å². The number of morpholine rings is 1. The molecule has 1 amide bonds. The van der Waals surface area contributed by atoms with Crippen molar-refractivity contribution in [3.05, 3.63) is 64.9 Å². The number of ether oxygens (including phenoxy) is 1. The minimum absolute atomic E-state index is 0.197. The number of rotatable bonds is 4. The molecule has 2 aliphatic rings. The van der Waals surface area contributed by atoms with Gasteiger partial charge in [-0.05, 0) is 54.7 Å². The molecule has 4 rings (SSSR count). The van der Waals surface area contributed by atoms with Crippen LogP contribution in [0.4, 0.5) is 0 Å². The number of amides is 1. The maximum Gasteiger partial charge on any atom is 0.230 e. The second-order valence-electron chi connectivity index (χ2n) is 7.46. The van der Waals surface area contributed by atoms with Crippen molar-refractivity contribution in [1.82, 2.24) is 9.88 Å². The normalized spacial score (nSPS) is 23.5. The molecule has 0 N–H and O–H groups in total. The van der Waals surface area contributed by atoms with E-state index in [1.165, 1.54) is 12.8 Å². The summed E-state index contributed by atoms with van der Waals surface area (Å²) >= 11 is 6.08. The maximum absolute atomic E-state index is 13.7. The van der Waals surface area contributed by atoms with E-state index in [0.29, 0.717) is 24.6 Å². The Balaban J connectivity index is 1.62. The van der Waals surface area contributed by atoms with Crippen LogP contribution in [0.2, 0.25) is 5.02 Å². The summed E-state index contributed by atoms with van der Waals surface area (Å²) in [5.74, 6) is -0.0142. The summed E-state index contributed by atoms with van der Waals surface area (Å²) < 4.78 is 5.96. The van der Waals surface area contributed by atoms with Crippen LogP contribution in [0.25, 0.3) is 0 Å². The van der Waals surface area contributed by atoms with Gasteiger partial charge in [0.1, 0.15) is 0 Å². The number of pyridine rings is 1. The Bertz CT molecular complexity index is 764. The predicted molar refractivity (Wildman–Crippen MR) is 106 cm³/mol. The number of aromatic nitrogens is 1. The second kappa shape index (κ2) is 8.41. The van der Waals surface area contributed by atoms with E-state index in [-0.39, 0.29) is 24.0 Å². The monoisotopic (exact) mass is 384 g/mol. The van der Waals surface area contributed by atoms with E-state index in [2.05, 4.69) is 9.88 Å². The molecule has 1 saturated heterocycles. The molecule has 27 heavy (non-hydrogen) atoms. The average molecular weight is 385 g/mol. The van der Waals surface area contributed by atoms with Crippen LogP contribution >= 0.6 is 11.6 Å². The summed E-state index contributed by atoms with van der Waals surface area (Å²) in [7, 11) is 0. The molecule has 1 saturated carbocycles. The first-order valence-electron chi connectivity index (χ1n) is 9.79. The summed E-state index contributed by atoms with van der Waals surface area (Å²) in [6, 6.07) is 11.9. The van der Waals surface area contributed by atoms with Crippen molar-refractivity contribution < 1.29 is 9.53 Å². The Kier molecular flexibility index (Phi) is 5.74. The summed E-state index contributed by atoms with van der Waals surface area (Å²) in [6.07, 6.45) is 8.89. The molecule has 0 spiro atoms. The topological polar surface area (TPSA) is 42.4 Å². The fourth-order valence-electron chi connectivity index (χ4n) is 4.37. The predicted octanol–water partition coefficient (Wildman–Crippen LogP) is 4.23. The first-order chi connectivity index (χ1) is 13.2. The van der Waals surface area contributed by atoms with E-state index in [0.717, 1.165) is 24.0 Å². The molecule has 2 aromatic rings. The van der Waals surface area contributed by atoms with Gasteiger partial charge in [0.2, 0.25) is 5.91 Å². The van der Waals surface area contributed by atoms with Gasteiger partial charge in [0.15, 0.2) is 0 Å². The highest BCUT2D eigenvalue weighted by Crippen LogP contribution is 2.32. The van der Waals surface area contributed by atoms with Crippen molar-refractivity contribution >= 4 is 17.5 Å².